The van der Waals surface area contributed by atoms with Gasteiger partial charge in [-0.05, 0) is 35.0 Å². The third-order valence-corrected chi connectivity index (χ3v) is 2.63. The summed E-state index contributed by atoms with van der Waals surface area (Å²) < 4.78 is 40.4. The van der Waals surface area contributed by atoms with Gasteiger partial charge in [0, 0.05) is 0 Å². The first-order valence-corrected chi connectivity index (χ1v) is 5.68. The number of ketones is 1. The summed E-state index contributed by atoms with van der Waals surface area (Å²) in [4.78, 5) is 11.6. The number of alkyl halides is 4. The zero-order valence-electron chi connectivity index (χ0n) is 8.52. The number of hydrogen-bond donors (Lipinski definition) is 0. The van der Waals surface area contributed by atoms with Crippen LogP contribution in [-0.4, -0.2) is 17.5 Å². The van der Waals surface area contributed by atoms with E-state index in [1.807, 2.05) is 0 Å². The van der Waals surface area contributed by atoms with Gasteiger partial charge in [-0.15, -0.1) is 24.8 Å². The van der Waals surface area contributed by atoms with Crippen molar-refractivity contribution >= 4 is 33.3 Å². The summed E-state index contributed by atoms with van der Waals surface area (Å²) in [6.07, 6.45) is -4.87. The Morgan fingerprint density at radius 2 is 2.06 bits per heavy atom. The lowest BCUT2D eigenvalue weighted by atomic mass is 10.1. The van der Waals surface area contributed by atoms with E-state index in [9.17, 15) is 18.0 Å². The molecule has 1 aromatic carbocycles. The van der Waals surface area contributed by atoms with Crippen LogP contribution < -0.4 is 4.74 Å². The number of Topliss-reactive ketones (excluding diaryl/α,β-unsaturated/α-hetero) is 1. The van der Waals surface area contributed by atoms with Crippen LogP contribution in [0.15, 0.2) is 22.7 Å². The van der Waals surface area contributed by atoms with Gasteiger partial charge in [0.05, 0.1) is 15.4 Å². The highest BCUT2D eigenvalue weighted by Gasteiger charge is 2.34. The summed E-state index contributed by atoms with van der Waals surface area (Å²) >= 11 is 8.45. The molecule has 1 rings (SSSR count). The summed E-state index contributed by atoms with van der Waals surface area (Å²) in [6, 6.07) is 4.00. The van der Waals surface area contributed by atoms with Gasteiger partial charge in [0.15, 0.2) is 11.5 Å². The van der Waals surface area contributed by atoms with E-state index in [1.165, 1.54) is 25.1 Å². The second-order valence-corrected chi connectivity index (χ2v) is 4.65. The molecule has 0 aliphatic heterocycles. The lowest BCUT2D eigenvalue weighted by Gasteiger charge is -2.14. The molecule has 1 aromatic rings. The van der Waals surface area contributed by atoms with E-state index < -0.39 is 23.3 Å². The standard InChI is InChI=1S/C10H7BrClF3O2/c1-5(12)8(16)6-3-2-4-7(11)9(6)17-10(13,14)15/h2-5H,1H3. The highest BCUT2D eigenvalue weighted by molar-refractivity contribution is 9.10. The Hall–Kier alpha value is -0.750. The molecule has 0 N–H and O–H groups in total. The molecule has 0 amide bonds. The number of hydrogen-bond acceptors (Lipinski definition) is 2. The first-order valence-electron chi connectivity index (χ1n) is 4.45. The lowest BCUT2D eigenvalue weighted by molar-refractivity contribution is -0.275. The first kappa shape index (κ1) is 14.3. The van der Waals surface area contributed by atoms with Crippen LogP contribution in [0.25, 0.3) is 0 Å². The molecule has 94 valence electrons. The van der Waals surface area contributed by atoms with Gasteiger partial charge >= 0.3 is 6.36 Å². The van der Waals surface area contributed by atoms with Gasteiger partial charge in [0.25, 0.3) is 0 Å². The van der Waals surface area contributed by atoms with Crippen LogP contribution in [0.4, 0.5) is 13.2 Å². The molecular weight excluding hydrogens is 324 g/mol. The van der Waals surface area contributed by atoms with Crippen LogP contribution in [0.2, 0.25) is 0 Å². The van der Waals surface area contributed by atoms with E-state index in [0.717, 1.165) is 0 Å². The van der Waals surface area contributed by atoms with Crippen molar-refractivity contribution in [2.45, 2.75) is 18.7 Å². The summed E-state index contributed by atoms with van der Waals surface area (Å²) in [5, 5.41) is -0.931. The van der Waals surface area contributed by atoms with Crippen molar-refractivity contribution in [2.24, 2.45) is 0 Å². The first-order chi connectivity index (χ1) is 7.72. The predicted molar refractivity (Wildman–Crippen MR) is 60.5 cm³/mol. The Bertz CT molecular complexity index is 432. The van der Waals surface area contributed by atoms with Crippen LogP contribution in [0.1, 0.15) is 17.3 Å². The average molecular weight is 332 g/mol. The van der Waals surface area contributed by atoms with Crippen molar-refractivity contribution in [3.8, 4) is 5.75 Å². The minimum atomic E-state index is -4.87. The van der Waals surface area contributed by atoms with Gasteiger partial charge in [-0.1, -0.05) is 6.07 Å². The molecule has 0 aromatic heterocycles. The minimum Gasteiger partial charge on any atom is -0.404 e. The molecule has 0 saturated carbocycles. The Morgan fingerprint density at radius 1 is 1.47 bits per heavy atom. The zero-order chi connectivity index (χ0) is 13.2. The second-order valence-electron chi connectivity index (χ2n) is 3.14. The molecule has 0 fully saturated rings. The number of ether oxygens (including phenoxy) is 1. The normalized spacial score (nSPS) is 13.3. The fourth-order valence-electron chi connectivity index (χ4n) is 1.14. The van der Waals surface area contributed by atoms with Gasteiger partial charge in [0.2, 0.25) is 0 Å². The number of halogens is 5. The molecule has 1 atom stereocenters. The maximum Gasteiger partial charge on any atom is 0.573 e. The largest absolute Gasteiger partial charge is 0.573 e. The lowest BCUT2D eigenvalue weighted by Crippen LogP contribution is -2.21. The molecule has 0 radical (unpaired) electrons. The molecule has 0 bridgehead atoms. The van der Waals surface area contributed by atoms with E-state index in [1.54, 1.807) is 0 Å². The van der Waals surface area contributed by atoms with Crippen molar-refractivity contribution in [1.29, 1.82) is 0 Å². The van der Waals surface area contributed by atoms with E-state index in [4.69, 9.17) is 11.6 Å². The molecule has 1 unspecified atom stereocenters. The van der Waals surface area contributed by atoms with E-state index >= 15 is 0 Å². The van der Waals surface area contributed by atoms with E-state index in [2.05, 4.69) is 20.7 Å². The van der Waals surface area contributed by atoms with Crippen molar-refractivity contribution in [3.05, 3.63) is 28.2 Å². The summed E-state index contributed by atoms with van der Waals surface area (Å²) in [6.45, 7) is 1.38. The second kappa shape index (κ2) is 5.27. The molecule has 2 nitrogen and oxygen atoms in total. The van der Waals surface area contributed by atoms with Crippen LogP contribution in [-0.2, 0) is 0 Å². The SMILES string of the molecule is CC(Cl)C(=O)c1cccc(Br)c1OC(F)(F)F. The zero-order valence-corrected chi connectivity index (χ0v) is 10.9. The number of rotatable bonds is 3. The van der Waals surface area contributed by atoms with Crippen molar-refractivity contribution in [3.63, 3.8) is 0 Å². The Kier molecular flexibility index (Phi) is 4.43. The van der Waals surface area contributed by atoms with E-state index in [-0.39, 0.29) is 10.0 Å². The quantitative estimate of drug-likeness (QED) is 0.614. The Morgan fingerprint density at radius 3 is 2.53 bits per heavy atom. The fraction of sp³-hybridized carbons (Fsp3) is 0.300. The smallest absolute Gasteiger partial charge is 0.404 e. The predicted octanol–water partition coefficient (Wildman–Crippen LogP) is 4.16. The third-order valence-electron chi connectivity index (χ3n) is 1.81. The minimum absolute atomic E-state index is 0.0398. The maximum atomic E-state index is 12.2. The van der Waals surface area contributed by atoms with Gasteiger partial charge in [-0.3, -0.25) is 4.79 Å². The molecule has 7 heteroatoms. The van der Waals surface area contributed by atoms with Crippen molar-refractivity contribution in [1.82, 2.24) is 0 Å². The van der Waals surface area contributed by atoms with Gasteiger partial charge in [0.1, 0.15) is 0 Å². The summed E-state index contributed by atoms with van der Waals surface area (Å²) in [5.41, 5.74) is -0.209. The number of benzene rings is 1. The van der Waals surface area contributed by atoms with Gasteiger partial charge in [-0.2, -0.15) is 0 Å². The highest BCUT2D eigenvalue weighted by Crippen LogP contribution is 2.34. The highest BCUT2D eigenvalue weighted by atomic mass is 79.9. The molecule has 17 heavy (non-hydrogen) atoms. The Labute approximate surface area is 109 Å². The molecule has 0 saturated heterocycles. The topological polar surface area (TPSA) is 26.3 Å². The van der Waals surface area contributed by atoms with Gasteiger partial charge in [-0.25, -0.2) is 0 Å². The Balaban J connectivity index is 3.22. The molecule has 0 heterocycles. The maximum absolute atomic E-state index is 12.2. The van der Waals surface area contributed by atoms with Crippen molar-refractivity contribution < 1.29 is 22.7 Å². The van der Waals surface area contributed by atoms with Crippen LogP contribution in [0, 0.1) is 0 Å². The summed E-state index contributed by atoms with van der Waals surface area (Å²) in [7, 11) is 0. The average Bonchev–Trinajstić information content (AvgIpc) is 2.18. The molecule has 0 aliphatic carbocycles. The van der Waals surface area contributed by atoms with Crippen LogP contribution in [0.3, 0.4) is 0 Å². The fourth-order valence-corrected chi connectivity index (χ4v) is 1.70. The number of carbonyl (C=O) groups excluding carboxylic acids is 1. The number of para-hydroxylation sites is 1. The molecule has 0 aliphatic rings. The summed E-state index contributed by atoms with van der Waals surface area (Å²) in [5.74, 6) is -1.20. The third kappa shape index (κ3) is 3.89. The van der Waals surface area contributed by atoms with E-state index in [0.29, 0.717) is 0 Å². The van der Waals surface area contributed by atoms with Gasteiger partial charge < -0.3 is 4.74 Å². The molecular formula is C10H7BrClF3O2. The van der Waals surface area contributed by atoms with Crippen LogP contribution >= 0.6 is 27.5 Å². The monoisotopic (exact) mass is 330 g/mol. The molecule has 0 spiro atoms. The van der Waals surface area contributed by atoms with Crippen LogP contribution in [0.5, 0.6) is 5.75 Å². The number of carbonyl (C=O) groups is 1. The van der Waals surface area contributed by atoms with Crippen molar-refractivity contribution in [2.75, 3.05) is 0 Å².